The molecule has 0 aliphatic carbocycles. The number of hydrogen-bond acceptors (Lipinski definition) is 1. The molecule has 0 spiro atoms. The molecule has 0 aromatic heterocycles. The fourth-order valence-electron chi connectivity index (χ4n) is 1.46. The molecule has 4 heteroatoms. The molecule has 17 heavy (non-hydrogen) atoms. The van der Waals surface area contributed by atoms with Gasteiger partial charge in [-0.2, -0.15) is 0 Å². The molecule has 0 bridgehead atoms. The summed E-state index contributed by atoms with van der Waals surface area (Å²) < 4.78 is 0.733. The zero-order valence-corrected chi connectivity index (χ0v) is 12.3. The highest BCUT2D eigenvalue weighted by atomic mass is 79.9. The predicted octanol–water partition coefficient (Wildman–Crippen LogP) is 4.14. The Morgan fingerprint density at radius 3 is 2.65 bits per heavy atom. The largest absolute Gasteiger partial charge is 0.335 e. The van der Waals surface area contributed by atoms with Crippen molar-refractivity contribution in [2.24, 2.45) is 0 Å². The first-order valence-electron chi connectivity index (χ1n) is 5.34. The van der Waals surface area contributed by atoms with Crippen LogP contribution >= 0.6 is 27.5 Å². The second-order valence-electron chi connectivity index (χ2n) is 3.91. The predicted molar refractivity (Wildman–Crippen MR) is 75.5 cm³/mol. The Balaban J connectivity index is 2.93. The molecule has 0 N–H and O–H groups in total. The highest BCUT2D eigenvalue weighted by Gasteiger charge is 2.14. The van der Waals surface area contributed by atoms with Crippen LogP contribution in [0.4, 0.5) is 0 Å². The number of rotatable bonds is 4. The normalized spacial score (nSPS) is 10.1. The monoisotopic (exact) mass is 315 g/mol. The molecule has 0 atom stereocenters. The van der Waals surface area contributed by atoms with E-state index in [1.54, 1.807) is 23.1 Å². The van der Waals surface area contributed by atoms with Gasteiger partial charge in [0, 0.05) is 23.1 Å². The van der Waals surface area contributed by atoms with Crippen LogP contribution in [-0.4, -0.2) is 23.9 Å². The van der Waals surface area contributed by atoms with Gasteiger partial charge in [-0.3, -0.25) is 4.79 Å². The third-order valence-electron chi connectivity index (χ3n) is 2.30. The zero-order valence-electron chi connectivity index (χ0n) is 9.96. The van der Waals surface area contributed by atoms with Crippen LogP contribution in [0.2, 0.25) is 5.02 Å². The van der Waals surface area contributed by atoms with Crippen molar-refractivity contribution < 1.29 is 4.79 Å². The Labute approximate surface area is 115 Å². The van der Waals surface area contributed by atoms with Gasteiger partial charge < -0.3 is 4.90 Å². The van der Waals surface area contributed by atoms with Crippen LogP contribution < -0.4 is 0 Å². The summed E-state index contributed by atoms with van der Waals surface area (Å²) >= 11 is 9.21. The Morgan fingerprint density at radius 1 is 1.53 bits per heavy atom. The number of carbonyl (C=O) groups excluding carboxylic acids is 1. The van der Waals surface area contributed by atoms with Gasteiger partial charge in [-0.15, -0.1) is 0 Å². The molecule has 1 amide bonds. The first kappa shape index (κ1) is 14.3. The molecule has 1 aromatic rings. The Hall–Kier alpha value is -0.800. The van der Waals surface area contributed by atoms with E-state index in [2.05, 4.69) is 22.5 Å². The van der Waals surface area contributed by atoms with E-state index in [4.69, 9.17) is 11.6 Å². The number of nitrogens with zero attached hydrogens (tertiary/aromatic N) is 1. The highest BCUT2D eigenvalue weighted by molar-refractivity contribution is 9.10. The lowest BCUT2D eigenvalue weighted by molar-refractivity contribution is 0.0778. The number of carbonyl (C=O) groups is 1. The van der Waals surface area contributed by atoms with E-state index in [-0.39, 0.29) is 5.91 Å². The van der Waals surface area contributed by atoms with E-state index >= 15 is 0 Å². The lowest BCUT2D eigenvalue weighted by Crippen LogP contribution is -2.32. The van der Waals surface area contributed by atoms with Crippen molar-refractivity contribution in [1.82, 2.24) is 4.90 Å². The van der Waals surface area contributed by atoms with Crippen LogP contribution in [0, 0.1) is 0 Å². The van der Waals surface area contributed by atoms with Crippen molar-refractivity contribution in [3.63, 3.8) is 0 Å². The quantitative estimate of drug-likeness (QED) is 0.765. The summed E-state index contributed by atoms with van der Waals surface area (Å²) in [5.74, 6) is -0.00660. The Morgan fingerprint density at radius 2 is 2.18 bits per heavy atom. The molecule has 0 unspecified atom stereocenters. The molecule has 0 saturated heterocycles. The smallest absolute Gasteiger partial charge is 0.254 e. The number of amides is 1. The average molecular weight is 317 g/mol. The van der Waals surface area contributed by atoms with Crippen LogP contribution in [0.1, 0.15) is 24.2 Å². The first-order chi connectivity index (χ1) is 7.95. The van der Waals surface area contributed by atoms with Gasteiger partial charge in [-0.25, -0.2) is 0 Å². The van der Waals surface area contributed by atoms with Gasteiger partial charge in [-0.1, -0.05) is 23.8 Å². The van der Waals surface area contributed by atoms with Crippen molar-refractivity contribution >= 4 is 33.4 Å². The van der Waals surface area contributed by atoms with Crippen LogP contribution in [0.15, 0.2) is 34.8 Å². The summed E-state index contributed by atoms with van der Waals surface area (Å²) in [7, 11) is 0. The van der Waals surface area contributed by atoms with Gasteiger partial charge in [0.25, 0.3) is 5.91 Å². The molecule has 0 saturated carbocycles. The van der Waals surface area contributed by atoms with Gasteiger partial charge in [0.1, 0.15) is 0 Å². The van der Waals surface area contributed by atoms with Gasteiger partial charge in [0.2, 0.25) is 0 Å². The summed E-state index contributed by atoms with van der Waals surface area (Å²) in [6.45, 7) is 8.92. The van der Waals surface area contributed by atoms with Crippen LogP contribution in [0.3, 0.4) is 0 Å². The van der Waals surface area contributed by atoms with Crippen LogP contribution in [-0.2, 0) is 0 Å². The van der Waals surface area contributed by atoms with E-state index in [1.807, 2.05) is 13.8 Å². The van der Waals surface area contributed by atoms with Gasteiger partial charge in [0.15, 0.2) is 0 Å². The standard InChI is InChI=1S/C13H15BrClNO/c1-4-16(8-9(2)3)13(17)10-5-6-12(15)11(14)7-10/h5-7H,2,4,8H2,1,3H3. The maximum Gasteiger partial charge on any atom is 0.254 e. The van der Waals surface area contributed by atoms with Crippen LogP contribution in [0.5, 0.6) is 0 Å². The third-order valence-corrected chi connectivity index (χ3v) is 3.51. The molecule has 92 valence electrons. The maximum atomic E-state index is 12.2. The van der Waals surface area contributed by atoms with E-state index < -0.39 is 0 Å². The molecule has 1 rings (SSSR count). The molecule has 0 aliphatic heterocycles. The fourth-order valence-corrected chi connectivity index (χ4v) is 1.96. The highest BCUT2D eigenvalue weighted by Crippen LogP contribution is 2.23. The minimum Gasteiger partial charge on any atom is -0.335 e. The summed E-state index contributed by atoms with van der Waals surface area (Å²) in [5, 5.41) is 0.601. The summed E-state index contributed by atoms with van der Waals surface area (Å²) in [6, 6.07) is 5.19. The Kier molecular flexibility index (Phi) is 5.22. The number of halogens is 2. The Bertz CT molecular complexity index is 445. The molecule has 0 heterocycles. The third kappa shape index (κ3) is 3.86. The second-order valence-corrected chi connectivity index (χ2v) is 5.17. The SMILES string of the molecule is C=C(C)CN(CC)C(=O)c1ccc(Cl)c(Br)c1. The summed E-state index contributed by atoms with van der Waals surface area (Å²) in [6.07, 6.45) is 0. The molecule has 2 nitrogen and oxygen atoms in total. The van der Waals surface area contributed by atoms with Crippen molar-refractivity contribution in [2.45, 2.75) is 13.8 Å². The molecule has 0 radical (unpaired) electrons. The second kappa shape index (κ2) is 6.22. The van der Waals surface area contributed by atoms with Gasteiger partial charge >= 0.3 is 0 Å². The minimum absolute atomic E-state index is 0.00660. The fraction of sp³-hybridized carbons (Fsp3) is 0.308. The number of benzene rings is 1. The van der Waals surface area contributed by atoms with Crippen molar-refractivity contribution in [3.05, 3.63) is 45.4 Å². The van der Waals surface area contributed by atoms with E-state index in [1.165, 1.54) is 0 Å². The minimum atomic E-state index is -0.00660. The van der Waals surface area contributed by atoms with Crippen molar-refractivity contribution in [1.29, 1.82) is 0 Å². The van der Waals surface area contributed by atoms with E-state index in [9.17, 15) is 4.79 Å². The number of likely N-dealkylation sites (N-methyl/N-ethyl adjacent to an activating group) is 1. The topological polar surface area (TPSA) is 20.3 Å². The van der Waals surface area contributed by atoms with Crippen molar-refractivity contribution in [3.8, 4) is 0 Å². The lowest BCUT2D eigenvalue weighted by atomic mass is 10.2. The molecule has 0 fully saturated rings. The van der Waals surface area contributed by atoms with Crippen LogP contribution in [0.25, 0.3) is 0 Å². The van der Waals surface area contributed by atoms with Gasteiger partial charge in [0.05, 0.1) is 5.02 Å². The molecule has 1 aromatic carbocycles. The summed E-state index contributed by atoms with van der Waals surface area (Å²) in [5.41, 5.74) is 1.60. The average Bonchev–Trinajstić information content (AvgIpc) is 2.28. The van der Waals surface area contributed by atoms with Gasteiger partial charge in [-0.05, 0) is 48.0 Å². The maximum absolute atomic E-state index is 12.2. The van der Waals surface area contributed by atoms with E-state index in [0.29, 0.717) is 23.7 Å². The zero-order chi connectivity index (χ0) is 13.0. The van der Waals surface area contributed by atoms with E-state index in [0.717, 1.165) is 10.0 Å². The molecule has 0 aliphatic rings. The lowest BCUT2D eigenvalue weighted by Gasteiger charge is -2.21. The molecular weight excluding hydrogens is 302 g/mol. The molecular formula is C13H15BrClNO. The number of hydrogen-bond donors (Lipinski definition) is 0. The summed E-state index contributed by atoms with van der Waals surface area (Å²) in [4.78, 5) is 13.9. The first-order valence-corrected chi connectivity index (χ1v) is 6.51. The van der Waals surface area contributed by atoms with Crippen molar-refractivity contribution in [2.75, 3.05) is 13.1 Å².